The summed E-state index contributed by atoms with van der Waals surface area (Å²) in [5.74, 6) is 0.221. The zero-order valence-electron chi connectivity index (χ0n) is 12.0. The lowest BCUT2D eigenvalue weighted by molar-refractivity contribution is 0.257. The van der Waals surface area contributed by atoms with E-state index >= 15 is 0 Å². The molecule has 2 aliphatic rings. The summed E-state index contributed by atoms with van der Waals surface area (Å²) >= 11 is 5.91. The van der Waals surface area contributed by atoms with Crippen LogP contribution in [0.1, 0.15) is 24.8 Å². The van der Waals surface area contributed by atoms with Gasteiger partial charge in [-0.2, -0.15) is 4.31 Å². The molecule has 1 aromatic rings. The SMILES string of the molecule is O=S(=O)(c1ccccc1CCl)N1CCCN2CCCC2C1. The van der Waals surface area contributed by atoms with Crippen molar-refractivity contribution < 1.29 is 8.42 Å². The molecule has 0 radical (unpaired) electrons. The van der Waals surface area contributed by atoms with Crippen LogP contribution in [0.4, 0.5) is 0 Å². The molecule has 2 heterocycles. The van der Waals surface area contributed by atoms with Gasteiger partial charge in [-0.25, -0.2) is 8.42 Å². The first-order valence-corrected chi connectivity index (χ1v) is 9.48. The minimum absolute atomic E-state index is 0.221. The van der Waals surface area contributed by atoms with Crippen molar-refractivity contribution in [3.63, 3.8) is 0 Å². The van der Waals surface area contributed by atoms with E-state index in [0.29, 0.717) is 29.6 Å². The summed E-state index contributed by atoms with van der Waals surface area (Å²) in [7, 11) is -3.44. The smallest absolute Gasteiger partial charge is 0.243 e. The summed E-state index contributed by atoms with van der Waals surface area (Å²) in [6.07, 6.45) is 3.18. The second-order valence-corrected chi connectivity index (χ2v) is 7.96. The number of benzene rings is 1. The Morgan fingerprint density at radius 2 is 1.90 bits per heavy atom. The summed E-state index contributed by atoms with van der Waals surface area (Å²) in [5, 5.41) is 0. The van der Waals surface area contributed by atoms with Gasteiger partial charge in [0, 0.05) is 25.0 Å². The fourth-order valence-electron chi connectivity index (χ4n) is 3.40. The lowest BCUT2D eigenvalue weighted by Crippen LogP contribution is -2.39. The van der Waals surface area contributed by atoms with Gasteiger partial charge in [0.1, 0.15) is 0 Å². The molecule has 2 saturated heterocycles. The van der Waals surface area contributed by atoms with Crippen molar-refractivity contribution in [1.29, 1.82) is 0 Å². The summed E-state index contributed by atoms with van der Waals surface area (Å²) in [4.78, 5) is 2.80. The van der Waals surface area contributed by atoms with Gasteiger partial charge < -0.3 is 0 Å². The molecule has 0 aromatic heterocycles. The first-order valence-electron chi connectivity index (χ1n) is 7.51. The van der Waals surface area contributed by atoms with Gasteiger partial charge in [0.2, 0.25) is 10.0 Å². The van der Waals surface area contributed by atoms with Crippen LogP contribution in [0.2, 0.25) is 0 Å². The Morgan fingerprint density at radius 3 is 2.71 bits per heavy atom. The van der Waals surface area contributed by atoms with Crippen LogP contribution in [-0.2, 0) is 15.9 Å². The molecule has 116 valence electrons. The van der Waals surface area contributed by atoms with Crippen molar-refractivity contribution in [3.8, 4) is 0 Å². The van der Waals surface area contributed by atoms with E-state index in [9.17, 15) is 8.42 Å². The average molecular weight is 329 g/mol. The maximum absolute atomic E-state index is 13.0. The molecule has 3 rings (SSSR count). The van der Waals surface area contributed by atoms with Crippen molar-refractivity contribution in [1.82, 2.24) is 9.21 Å². The quantitative estimate of drug-likeness (QED) is 0.799. The largest absolute Gasteiger partial charge is 0.299 e. The van der Waals surface area contributed by atoms with Gasteiger partial charge in [0.15, 0.2) is 0 Å². The third-order valence-corrected chi connectivity index (χ3v) is 6.75. The average Bonchev–Trinajstić information content (AvgIpc) is 2.83. The molecule has 0 saturated carbocycles. The number of nitrogens with zero attached hydrogens (tertiary/aromatic N) is 2. The molecule has 0 N–H and O–H groups in total. The van der Waals surface area contributed by atoms with Crippen LogP contribution in [-0.4, -0.2) is 49.8 Å². The van der Waals surface area contributed by atoms with E-state index in [0.717, 1.165) is 25.9 Å². The lowest BCUT2D eigenvalue weighted by atomic mass is 10.2. The molecule has 0 aliphatic carbocycles. The van der Waals surface area contributed by atoms with Crippen LogP contribution in [0.5, 0.6) is 0 Å². The predicted molar refractivity (Wildman–Crippen MR) is 84.0 cm³/mol. The van der Waals surface area contributed by atoms with E-state index in [1.165, 1.54) is 6.42 Å². The summed E-state index contributed by atoms with van der Waals surface area (Å²) < 4.78 is 27.6. The van der Waals surface area contributed by atoms with Crippen LogP contribution >= 0.6 is 11.6 Å². The van der Waals surface area contributed by atoms with E-state index in [1.54, 1.807) is 22.5 Å². The molecule has 2 aliphatic heterocycles. The van der Waals surface area contributed by atoms with Gasteiger partial charge >= 0.3 is 0 Å². The highest BCUT2D eigenvalue weighted by Gasteiger charge is 2.34. The Bertz CT molecular complexity index is 605. The van der Waals surface area contributed by atoms with Gasteiger partial charge in [-0.3, -0.25) is 4.90 Å². The van der Waals surface area contributed by atoms with Gasteiger partial charge in [-0.15, -0.1) is 11.6 Å². The van der Waals surface area contributed by atoms with Crippen LogP contribution in [0.25, 0.3) is 0 Å². The second kappa shape index (κ2) is 6.24. The molecule has 1 unspecified atom stereocenters. The zero-order chi connectivity index (χ0) is 14.9. The molecule has 6 heteroatoms. The molecule has 2 fully saturated rings. The number of sulfonamides is 1. The van der Waals surface area contributed by atoms with Crippen LogP contribution in [0.3, 0.4) is 0 Å². The first kappa shape index (κ1) is 15.3. The first-order chi connectivity index (χ1) is 10.1. The van der Waals surface area contributed by atoms with Crippen molar-refractivity contribution in [2.75, 3.05) is 26.2 Å². The highest BCUT2D eigenvalue weighted by atomic mass is 35.5. The normalized spacial score (nSPS) is 24.7. The summed E-state index contributed by atoms with van der Waals surface area (Å²) in [5.41, 5.74) is 0.687. The summed E-state index contributed by atoms with van der Waals surface area (Å²) in [6, 6.07) is 7.44. The molecular weight excluding hydrogens is 308 g/mol. The lowest BCUT2D eigenvalue weighted by Gasteiger charge is -2.25. The molecule has 0 bridgehead atoms. The second-order valence-electron chi connectivity index (χ2n) is 5.79. The van der Waals surface area contributed by atoms with Gasteiger partial charge in [0.05, 0.1) is 4.90 Å². The number of rotatable bonds is 3. The van der Waals surface area contributed by atoms with E-state index in [2.05, 4.69) is 4.90 Å². The Hall–Kier alpha value is -0.620. The van der Waals surface area contributed by atoms with Crippen LogP contribution in [0.15, 0.2) is 29.2 Å². The third kappa shape index (κ3) is 2.97. The number of halogens is 1. The third-order valence-electron chi connectivity index (χ3n) is 4.50. The monoisotopic (exact) mass is 328 g/mol. The highest BCUT2D eigenvalue weighted by molar-refractivity contribution is 7.89. The molecule has 1 atom stereocenters. The Labute approximate surface area is 131 Å². The Kier molecular flexibility index (Phi) is 4.54. The molecule has 0 amide bonds. The topological polar surface area (TPSA) is 40.6 Å². The van der Waals surface area contributed by atoms with E-state index in [-0.39, 0.29) is 5.88 Å². The van der Waals surface area contributed by atoms with Crippen LogP contribution in [0, 0.1) is 0 Å². The van der Waals surface area contributed by atoms with Gasteiger partial charge in [-0.05, 0) is 44.0 Å². The number of alkyl halides is 1. The predicted octanol–water partition coefficient (Wildman–Crippen LogP) is 2.28. The maximum atomic E-state index is 13.0. The van der Waals surface area contributed by atoms with Crippen LogP contribution < -0.4 is 0 Å². The molecule has 0 spiro atoms. The maximum Gasteiger partial charge on any atom is 0.243 e. The minimum atomic E-state index is -3.44. The Balaban J connectivity index is 1.90. The van der Waals surface area contributed by atoms with Crippen molar-refractivity contribution in [2.45, 2.75) is 36.1 Å². The zero-order valence-corrected chi connectivity index (χ0v) is 13.6. The van der Waals surface area contributed by atoms with Crippen molar-refractivity contribution in [3.05, 3.63) is 29.8 Å². The fourth-order valence-corrected chi connectivity index (χ4v) is 5.45. The van der Waals surface area contributed by atoms with E-state index in [4.69, 9.17) is 11.6 Å². The van der Waals surface area contributed by atoms with Gasteiger partial charge in [-0.1, -0.05) is 18.2 Å². The van der Waals surface area contributed by atoms with Crippen molar-refractivity contribution in [2.24, 2.45) is 0 Å². The van der Waals surface area contributed by atoms with Crippen molar-refractivity contribution >= 4 is 21.6 Å². The molecule has 1 aromatic carbocycles. The van der Waals surface area contributed by atoms with Gasteiger partial charge in [0.25, 0.3) is 0 Å². The Morgan fingerprint density at radius 1 is 1.14 bits per heavy atom. The number of hydrogen-bond acceptors (Lipinski definition) is 3. The number of fused-ring (bicyclic) bond motifs is 1. The summed E-state index contributed by atoms with van der Waals surface area (Å²) in [6.45, 7) is 3.33. The molecule has 21 heavy (non-hydrogen) atoms. The standard InChI is InChI=1S/C15H21ClN2O2S/c16-11-13-5-1-2-7-15(13)21(19,20)18-10-4-9-17-8-3-6-14(17)12-18/h1-2,5,7,14H,3-4,6,8-12H2. The molecular formula is C15H21ClN2O2S. The highest BCUT2D eigenvalue weighted by Crippen LogP contribution is 2.27. The number of hydrogen-bond donors (Lipinski definition) is 0. The minimum Gasteiger partial charge on any atom is -0.299 e. The molecule has 4 nitrogen and oxygen atoms in total. The van der Waals surface area contributed by atoms with E-state index in [1.807, 2.05) is 6.07 Å². The van der Waals surface area contributed by atoms with E-state index < -0.39 is 10.0 Å². The fraction of sp³-hybridized carbons (Fsp3) is 0.600.